The van der Waals surface area contributed by atoms with Crippen LogP contribution in [0.1, 0.15) is 78.0 Å². The molecular formula is C28H48FN5O4. The number of ether oxygens (including phenoxy) is 1. The Balaban J connectivity index is -0.000000736. The summed E-state index contributed by atoms with van der Waals surface area (Å²) < 4.78 is 20.3. The van der Waals surface area contributed by atoms with Gasteiger partial charge in [0.05, 0.1) is 13.2 Å². The lowest BCUT2D eigenvalue weighted by Crippen LogP contribution is -2.28. The fourth-order valence-electron chi connectivity index (χ4n) is 2.34. The van der Waals surface area contributed by atoms with Crippen LogP contribution in [0.3, 0.4) is 0 Å². The van der Waals surface area contributed by atoms with Crippen molar-refractivity contribution in [2.24, 2.45) is 0 Å². The Morgan fingerprint density at radius 2 is 1.87 bits per heavy atom. The van der Waals surface area contributed by atoms with E-state index in [1.54, 1.807) is 44.4 Å². The Morgan fingerprint density at radius 1 is 1.24 bits per heavy atom. The van der Waals surface area contributed by atoms with Crippen LogP contribution in [-0.4, -0.2) is 52.1 Å². The van der Waals surface area contributed by atoms with Crippen molar-refractivity contribution in [3.05, 3.63) is 71.6 Å². The first kappa shape index (κ1) is 39.0. The van der Waals surface area contributed by atoms with E-state index in [4.69, 9.17) is 9.84 Å². The summed E-state index contributed by atoms with van der Waals surface area (Å²) >= 11 is 0. The van der Waals surface area contributed by atoms with Crippen LogP contribution in [0.15, 0.2) is 60.2 Å². The molecule has 1 aromatic heterocycles. The Labute approximate surface area is 228 Å². The van der Waals surface area contributed by atoms with Gasteiger partial charge in [-0.25, -0.2) is 9.07 Å². The van der Waals surface area contributed by atoms with Gasteiger partial charge in [-0.05, 0) is 32.1 Å². The van der Waals surface area contributed by atoms with Crippen molar-refractivity contribution in [3.63, 3.8) is 0 Å². The number of aliphatic hydroxyl groups is 1. The van der Waals surface area contributed by atoms with Crippen LogP contribution in [0.25, 0.3) is 0 Å². The number of aromatic nitrogens is 3. The second-order valence-electron chi connectivity index (χ2n) is 6.46. The van der Waals surface area contributed by atoms with Gasteiger partial charge in [0.15, 0.2) is 5.69 Å². The van der Waals surface area contributed by atoms with Gasteiger partial charge in [0.1, 0.15) is 23.9 Å². The first-order chi connectivity index (χ1) is 18.4. The number of hydrogen-bond donors (Lipinski definition) is 3. The summed E-state index contributed by atoms with van der Waals surface area (Å²) in [5.74, 6) is -0.220. The molecule has 3 N–H and O–H groups in total. The third-order valence-electron chi connectivity index (χ3n) is 4.18. The highest BCUT2D eigenvalue weighted by atomic mass is 19.1. The SMILES string of the molecule is C/C=C(\C)C(=O)NC.C=CCn1nnc(C(=O)NCCO)c1COC1=CCC(F)=CC=C1.CC.CC.CC. The largest absolute Gasteiger partial charge is 0.488 e. The highest BCUT2D eigenvalue weighted by Gasteiger charge is 2.19. The minimum atomic E-state index is -0.448. The van der Waals surface area contributed by atoms with Gasteiger partial charge >= 0.3 is 0 Å². The first-order valence-corrected chi connectivity index (χ1v) is 13.0. The van der Waals surface area contributed by atoms with Crippen molar-refractivity contribution in [3.8, 4) is 0 Å². The monoisotopic (exact) mass is 537 g/mol. The van der Waals surface area contributed by atoms with Crippen LogP contribution < -0.4 is 10.6 Å². The van der Waals surface area contributed by atoms with Gasteiger partial charge in [0.25, 0.3) is 5.91 Å². The minimum Gasteiger partial charge on any atom is -0.488 e. The quantitative estimate of drug-likeness (QED) is 0.295. The molecule has 0 aliphatic heterocycles. The van der Waals surface area contributed by atoms with Gasteiger partial charge in [-0.3, -0.25) is 9.59 Å². The molecule has 0 unspecified atom stereocenters. The molecule has 2 rings (SSSR count). The number of likely N-dealkylation sites (N-methyl/N-ethyl adjacent to an activating group) is 1. The topological polar surface area (TPSA) is 118 Å². The average molecular weight is 538 g/mol. The van der Waals surface area contributed by atoms with Crippen LogP contribution >= 0.6 is 0 Å². The first-order valence-electron chi connectivity index (χ1n) is 13.0. The van der Waals surface area contributed by atoms with E-state index in [9.17, 15) is 14.0 Å². The standard InChI is InChI=1S/C16H19FN4O3.C6H11NO.3C2H6/c1-2-9-21-14(15(19-20-21)16(23)18-8-10-22)11-24-13-5-3-4-12(17)6-7-13;1-4-5(2)6(8)7-3;3*1-2/h2-5,7,22H,1,6,8-11H2,(H,18,23);4H,1-3H3,(H,7,8);3*1-2H3/b;5-4+;;;. The lowest BCUT2D eigenvalue weighted by atomic mass is 10.3. The number of carbonyl (C=O) groups excluding carboxylic acids is 2. The molecule has 0 saturated carbocycles. The molecule has 0 atom stereocenters. The molecule has 216 valence electrons. The zero-order chi connectivity index (χ0) is 29.9. The van der Waals surface area contributed by atoms with E-state index >= 15 is 0 Å². The van der Waals surface area contributed by atoms with Gasteiger partial charge in [0.2, 0.25) is 5.91 Å². The molecule has 0 saturated heterocycles. The molecule has 0 fully saturated rings. The molecule has 1 heterocycles. The van der Waals surface area contributed by atoms with Gasteiger partial charge in [-0.2, -0.15) is 0 Å². The molecule has 10 heteroatoms. The lowest BCUT2D eigenvalue weighted by molar-refractivity contribution is -0.117. The van der Waals surface area contributed by atoms with Crippen molar-refractivity contribution in [1.29, 1.82) is 0 Å². The van der Waals surface area contributed by atoms with E-state index in [1.807, 2.05) is 48.5 Å². The Morgan fingerprint density at radius 3 is 2.37 bits per heavy atom. The maximum atomic E-state index is 13.2. The minimum absolute atomic E-state index is 0.00694. The van der Waals surface area contributed by atoms with Gasteiger partial charge in [-0.15, -0.1) is 11.7 Å². The van der Waals surface area contributed by atoms with Crippen molar-refractivity contribution in [1.82, 2.24) is 25.6 Å². The highest BCUT2D eigenvalue weighted by molar-refractivity contribution is 5.93. The third-order valence-corrected chi connectivity index (χ3v) is 4.18. The number of allylic oxidation sites excluding steroid dienone is 7. The van der Waals surface area contributed by atoms with E-state index < -0.39 is 5.91 Å². The number of rotatable bonds is 9. The molecule has 2 amide bonds. The van der Waals surface area contributed by atoms with Crippen molar-refractivity contribution >= 4 is 11.8 Å². The average Bonchev–Trinajstić information content (AvgIpc) is 3.25. The van der Waals surface area contributed by atoms with Crippen molar-refractivity contribution in [2.45, 2.75) is 75.0 Å². The molecule has 0 spiro atoms. The molecule has 0 radical (unpaired) electrons. The smallest absolute Gasteiger partial charge is 0.273 e. The van der Waals surface area contributed by atoms with E-state index in [1.165, 1.54) is 10.8 Å². The summed E-state index contributed by atoms with van der Waals surface area (Å²) in [6.07, 6.45) is 9.72. The number of hydrogen-bond acceptors (Lipinski definition) is 6. The van der Waals surface area contributed by atoms with Crippen LogP contribution in [0.4, 0.5) is 4.39 Å². The lowest BCUT2D eigenvalue weighted by Gasteiger charge is -2.09. The molecule has 9 nitrogen and oxygen atoms in total. The third kappa shape index (κ3) is 16.3. The van der Waals surface area contributed by atoms with Crippen molar-refractivity contribution in [2.75, 3.05) is 20.2 Å². The van der Waals surface area contributed by atoms with E-state index in [0.717, 1.165) is 5.57 Å². The Bertz CT molecular complexity index is 918. The number of nitrogens with zero attached hydrogens (tertiary/aromatic N) is 3. The fourth-order valence-corrected chi connectivity index (χ4v) is 2.34. The predicted molar refractivity (Wildman–Crippen MR) is 153 cm³/mol. The molecular weight excluding hydrogens is 489 g/mol. The summed E-state index contributed by atoms with van der Waals surface area (Å²) in [5.41, 5.74) is 1.35. The molecule has 0 aromatic carbocycles. The van der Waals surface area contributed by atoms with Crippen LogP contribution in [0.2, 0.25) is 0 Å². The van der Waals surface area contributed by atoms with Gasteiger partial charge < -0.3 is 20.5 Å². The molecule has 1 aliphatic carbocycles. The summed E-state index contributed by atoms with van der Waals surface area (Å²) in [6, 6.07) is 0. The number of nitrogens with one attached hydrogen (secondary N) is 2. The highest BCUT2D eigenvalue weighted by Crippen LogP contribution is 2.16. The molecule has 0 bridgehead atoms. The van der Waals surface area contributed by atoms with Gasteiger partial charge in [-0.1, -0.05) is 65.0 Å². The zero-order valence-corrected chi connectivity index (χ0v) is 24.6. The number of carbonyl (C=O) groups is 2. The number of aliphatic hydroxyl groups excluding tert-OH is 1. The second kappa shape index (κ2) is 26.5. The normalized spacial score (nSPS) is 11.5. The molecule has 1 aromatic rings. The summed E-state index contributed by atoms with van der Waals surface area (Å²) in [6.45, 7) is 19.6. The number of halogens is 1. The van der Waals surface area contributed by atoms with E-state index in [2.05, 4.69) is 27.5 Å². The van der Waals surface area contributed by atoms with Crippen molar-refractivity contribution < 1.29 is 23.8 Å². The maximum absolute atomic E-state index is 13.2. The van der Waals surface area contributed by atoms with E-state index in [-0.39, 0.29) is 43.6 Å². The second-order valence-corrected chi connectivity index (χ2v) is 6.46. The predicted octanol–water partition coefficient (Wildman–Crippen LogP) is 5.18. The summed E-state index contributed by atoms with van der Waals surface area (Å²) in [5, 5.41) is 21.6. The van der Waals surface area contributed by atoms with Crippen LogP contribution in [0.5, 0.6) is 0 Å². The maximum Gasteiger partial charge on any atom is 0.273 e. The Kier molecular flexibility index (Phi) is 27.2. The van der Waals surface area contributed by atoms with Crippen LogP contribution in [-0.2, 0) is 22.7 Å². The Hall–Kier alpha value is -3.53. The summed E-state index contributed by atoms with van der Waals surface area (Å²) in [4.78, 5) is 22.6. The van der Waals surface area contributed by atoms with Crippen LogP contribution in [0, 0.1) is 0 Å². The molecule has 38 heavy (non-hydrogen) atoms. The fraction of sp³-hybridized carbons (Fsp3) is 0.500. The molecule has 1 aliphatic rings. The summed E-state index contributed by atoms with van der Waals surface area (Å²) in [7, 11) is 1.62. The van der Waals surface area contributed by atoms with E-state index in [0.29, 0.717) is 18.0 Å². The number of amides is 2. The van der Waals surface area contributed by atoms with Gasteiger partial charge in [0, 0.05) is 25.6 Å². The zero-order valence-electron chi connectivity index (χ0n) is 24.6.